The van der Waals surface area contributed by atoms with Gasteiger partial charge in [-0.3, -0.25) is 4.79 Å². The van der Waals surface area contributed by atoms with Gasteiger partial charge in [0.1, 0.15) is 5.82 Å². The number of fused-ring (bicyclic) bond motifs is 1. The standard InChI is InChI=1S/C27H27N3O/c1-18-13-19(2)15-23(14-18)29-17-22(16-26(29)31)27-28-24-11-7-8-12-25(24)30(27)20(3)21-9-5-4-6-10-21/h4-15,20,22H,16-17H2,1-3H3/t20-,22-/m0/s1. The third kappa shape index (κ3) is 3.52. The maximum Gasteiger partial charge on any atom is 0.227 e. The Labute approximate surface area is 183 Å². The Balaban J connectivity index is 1.57. The number of amides is 1. The molecule has 1 aliphatic rings. The van der Waals surface area contributed by atoms with E-state index in [1.54, 1.807) is 0 Å². The Morgan fingerprint density at radius 2 is 1.61 bits per heavy atom. The molecule has 0 saturated carbocycles. The van der Waals surface area contributed by atoms with Gasteiger partial charge in [0, 0.05) is 24.6 Å². The molecule has 4 aromatic rings. The van der Waals surface area contributed by atoms with Crippen LogP contribution in [0.4, 0.5) is 5.69 Å². The molecular weight excluding hydrogens is 382 g/mol. The highest BCUT2D eigenvalue weighted by molar-refractivity contribution is 5.96. The van der Waals surface area contributed by atoms with Crippen molar-refractivity contribution in [1.29, 1.82) is 0 Å². The van der Waals surface area contributed by atoms with Crippen molar-refractivity contribution in [1.82, 2.24) is 9.55 Å². The summed E-state index contributed by atoms with van der Waals surface area (Å²) >= 11 is 0. The molecule has 1 saturated heterocycles. The summed E-state index contributed by atoms with van der Waals surface area (Å²) in [4.78, 5) is 20.0. The molecule has 0 radical (unpaired) electrons. The quantitative estimate of drug-likeness (QED) is 0.428. The summed E-state index contributed by atoms with van der Waals surface area (Å²) in [6.07, 6.45) is 0.484. The van der Waals surface area contributed by atoms with Crippen LogP contribution in [-0.4, -0.2) is 22.0 Å². The number of anilines is 1. The third-order valence-corrected chi connectivity index (χ3v) is 6.30. The molecule has 156 valence electrons. The van der Waals surface area contributed by atoms with Gasteiger partial charge in [-0.25, -0.2) is 4.98 Å². The van der Waals surface area contributed by atoms with E-state index < -0.39 is 0 Å². The molecule has 0 N–H and O–H groups in total. The number of imidazole rings is 1. The highest BCUT2D eigenvalue weighted by Gasteiger charge is 2.35. The number of hydrogen-bond acceptors (Lipinski definition) is 2. The second-order valence-electron chi connectivity index (χ2n) is 8.67. The first-order chi connectivity index (χ1) is 15.0. The summed E-state index contributed by atoms with van der Waals surface area (Å²) in [5, 5.41) is 0. The summed E-state index contributed by atoms with van der Waals surface area (Å²) in [6, 6.07) is 25.3. The van der Waals surface area contributed by atoms with Gasteiger partial charge in [-0.2, -0.15) is 0 Å². The average molecular weight is 410 g/mol. The maximum absolute atomic E-state index is 13.0. The van der Waals surface area contributed by atoms with Gasteiger partial charge in [0.15, 0.2) is 0 Å². The Hall–Kier alpha value is -3.40. The molecule has 4 heteroatoms. The second kappa shape index (κ2) is 7.69. The molecule has 1 aliphatic heterocycles. The number of rotatable bonds is 4. The van der Waals surface area contributed by atoms with Crippen molar-refractivity contribution in [2.75, 3.05) is 11.4 Å². The monoisotopic (exact) mass is 409 g/mol. The number of aryl methyl sites for hydroxylation is 2. The predicted octanol–water partition coefficient (Wildman–Crippen LogP) is 5.78. The fourth-order valence-electron chi connectivity index (χ4n) is 4.88. The lowest BCUT2D eigenvalue weighted by Crippen LogP contribution is -2.25. The van der Waals surface area contributed by atoms with Gasteiger partial charge < -0.3 is 9.47 Å². The largest absolute Gasteiger partial charge is 0.320 e. The summed E-state index contributed by atoms with van der Waals surface area (Å²) in [6.45, 7) is 7.03. The van der Waals surface area contributed by atoms with Crippen LogP contribution in [0.5, 0.6) is 0 Å². The fraction of sp³-hybridized carbons (Fsp3) is 0.259. The first kappa shape index (κ1) is 19.6. The summed E-state index contributed by atoms with van der Waals surface area (Å²) in [5.74, 6) is 1.23. The summed E-state index contributed by atoms with van der Waals surface area (Å²) < 4.78 is 2.33. The average Bonchev–Trinajstić information content (AvgIpc) is 3.34. The van der Waals surface area contributed by atoms with E-state index in [1.165, 1.54) is 16.7 Å². The molecule has 5 rings (SSSR count). The van der Waals surface area contributed by atoms with Gasteiger partial charge >= 0.3 is 0 Å². The van der Waals surface area contributed by atoms with Crippen LogP contribution in [0, 0.1) is 13.8 Å². The third-order valence-electron chi connectivity index (χ3n) is 6.30. The van der Waals surface area contributed by atoms with Gasteiger partial charge in [0.25, 0.3) is 0 Å². The van der Waals surface area contributed by atoms with Gasteiger partial charge in [0.05, 0.1) is 17.1 Å². The van der Waals surface area contributed by atoms with Gasteiger partial charge in [-0.15, -0.1) is 0 Å². The van der Waals surface area contributed by atoms with Crippen LogP contribution >= 0.6 is 0 Å². The summed E-state index contributed by atoms with van der Waals surface area (Å²) in [7, 11) is 0. The van der Waals surface area contributed by atoms with Crippen LogP contribution in [0.15, 0.2) is 72.8 Å². The molecule has 0 bridgehead atoms. The van der Waals surface area contributed by atoms with Gasteiger partial charge in [-0.1, -0.05) is 48.5 Å². The van der Waals surface area contributed by atoms with E-state index >= 15 is 0 Å². The smallest absolute Gasteiger partial charge is 0.227 e. The van der Waals surface area contributed by atoms with Crippen molar-refractivity contribution in [3.63, 3.8) is 0 Å². The highest BCUT2D eigenvalue weighted by atomic mass is 16.2. The Bertz CT molecular complexity index is 1240. The van der Waals surface area contributed by atoms with Crippen LogP contribution in [0.2, 0.25) is 0 Å². The van der Waals surface area contributed by atoms with Crippen molar-refractivity contribution in [2.45, 2.75) is 39.2 Å². The van der Waals surface area contributed by atoms with E-state index in [-0.39, 0.29) is 17.9 Å². The number of carbonyl (C=O) groups excluding carboxylic acids is 1. The molecule has 4 nitrogen and oxygen atoms in total. The Kier molecular flexibility index (Phi) is 4.85. The van der Waals surface area contributed by atoms with E-state index in [9.17, 15) is 4.79 Å². The molecule has 0 spiro atoms. The zero-order chi connectivity index (χ0) is 21.5. The van der Waals surface area contributed by atoms with Crippen molar-refractivity contribution < 1.29 is 4.79 Å². The van der Waals surface area contributed by atoms with E-state index in [4.69, 9.17) is 4.98 Å². The number of aromatic nitrogens is 2. The fourth-order valence-corrected chi connectivity index (χ4v) is 4.88. The Morgan fingerprint density at radius 3 is 2.35 bits per heavy atom. The zero-order valence-electron chi connectivity index (χ0n) is 18.2. The molecule has 1 aromatic heterocycles. The first-order valence-electron chi connectivity index (χ1n) is 10.9. The first-order valence-corrected chi connectivity index (χ1v) is 10.9. The van der Waals surface area contributed by atoms with E-state index in [0.29, 0.717) is 13.0 Å². The van der Waals surface area contributed by atoms with Crippen molar-refractivity contribution >= 4 is 22.6 Å². The van der Waals surface area contributed by atoms with Gasteiger partial charge in [-0.05, 0) is 61.7 Å². The normalized spacial score (nSPS) is 17.5. The lowest BCUT2D eigenvalue weighted by Gasteiger charge is -2.21. The van der Waals surface area contributed by atoms with E-state index in [1.807, 2.05) is 17.0 Å². The number of carbonyl (C=O) groups is 1. The van der Waals surface area contributed by atoms with Crippen LogP contribution < -0.4 is 4.90 Å². The summed E-state index contributed by atoms with van der Waals surface area (Å²) in [5.41, 5.74) is 6.68. The number of benzene rings is 3. The maximum atomic E-state index is 13.0. The molecular formula is C27H27N3O. The van der Waals surface area contributed by atoms with Crippen LogP contribution in [0.1, 0.15) is 47.8 Å². The SMILES string of the molecule is Cc1cc(C)cc(N2C[C@@H](c3nc4ccccc4n3[C@@H](C)c3ccccc3)CC2=O)c1. The second-order valence-corrected chi connectivity index (χ2v) is 8.67. The molecule has 0 aliphatic carbocycles. The molecule has 31 heavy (non-hydrogen) atoms. The van der Waals surface area contributed by atoms with Crippen molar-refractivity contribution in [2.24, 2.45) is 0 Å². The minimum Gasteiger partial charge on any atom is -0.320 e. The molecule has 0 unspecified atom stereocenters. The molecule has 2 heterocycles. The van der Waals surface area contributed by atoms with Crippen LogP contribution in [0.3, 0.4) is 0 Å². The van der Waals surface area contributed by atoms with Crippen LogP contribution in [-0.2, 0) is 4.79 Å². The van der Waals surface area contributed by atoms with Crippen molar-refractivity contribution in [3.8, 4) is 0 Å². The minimum atomic E-state index is 0.0619. The molecule has 3 aromatic carbocycles. The lowest BCUT2D eigenvalue weighted by molar-refractivity contribution is -0.117. The molecule has 1 fully saturated rings. The van der Waals surface area contributed by atoms with E-state index in [0.717, 1.165) is 22.5 Å². The minimum absolute atomic E-state index is 0.0619. The Morgan fingerprint density at radius 1 is 0.935 bits per heavy atom. The number of hydrogen-bond donors (Lipinski definition) is 0. The van der Waals surface area contributed by atoms with Crippen molar-refractivity contribution in [3.05, 3.63) is 95.3 Å². The number of nitrogens with zero attached hydrogens (tertiary/aromatic N) is 3. The van der Waals surface area contributed by atoms with E-state index in [2.05, 4.69) is 86.0 Å². The molecule has 1 amide bonds. The lowest BCUT2D eigenvalue weighted by atomic mass is 10.0. The highest BCUT2D eigenvalue weighted by Crippen LogP contribution is 2.36. The predicted molar refractivity (Wildman–Crippen MR) is 126 cm³/mol. The zero-order valence-corrected chi connectivity index (χ0v) is 18.2. The topological polar surface area (TPSA) is 38.1 Å². The number of para-hydroxylation sites is 2. The van der Waals surface area contributed by atoms with Gasteiger partial charge in [0.2, 0.25) is 5.91 Å². The van der Waals surface area contributed by atoms with Crippen LogP contribution in [0.25, 0.3) is 11.0 Å². The molecule has 2 atom stereocenters.